The molecule has 0 aliphatic carbocycles. The maximum Gasteiger partial charge on any atom is 0.410 e. The van der Waals surface area contributed by atoms with Crippen LogP contribution in [0.4, 0.5) is 10.5 Å². The van der Waals surface area contributed by atoms with E-state index in [1.165, 1.54) is 5.56 Å². The van der Waals surface area contributed by atoms with Gasteiger partial charge in [0.25, 0.3) is 0 Å². The first-order valence-electron chi connectivity index (χ1n) is 6.86. The maximum atomic E-state index is 12.2. The van der Waals surface area contributed by atoms with E-state index in [2.05, 4.69) is 4.85 Å². The van der Waals surface area contributed by atoms with E-state index in [0.29, 0.717) is 18.8 Å². The lowest BCUT2D eigenvalue weighted by molar-refractivity contribution is 0.0237. The Kier molecular flexibility index (Phi) is 3.99. The average molecular weight is 272 g/mol. The summed E-state index contributed by atoms with van der Waals surface area (Å²) in [7, 11) is 0. The second-order valence-corrected chi connectivity index (χ2v) is 6.07. The van der Waals surface area contributed by atoms with Gasteiger partial charge in [-0.3, -0.25) is 0 Å². The monoisotopic (exact) mass is 272 g/mol. The first-order chi connectivity index (χ1) is 9.39. The highest BCUT2D eigenvalue weighted by Gasteiger charge is 2.24. The van der Waals surface area contributed by atoms with Gasteiger partial charge in [0.1, 0.15) is 5.60 Å². The van der Waals surface area contributed by atoms with Crippen LogP contribution >= 0.6 is 0 Å². The number of rotatable bonds is 0. The van der Waals surface area contributed by atoms with Crippen molar-refractivity contribution < 1.29 is 9.53 Å². The van der Waals surface area contributed by atoms with Gasteiger partial charge in [-0.2, -0.15) is 0 Å². The van der Waals surface area contributed by atoms with Crippen molar-refractivity contribution in [2.45, 2.75) is 45.8 Å². The van der Waals surface area contributed by atoms with E-state index in [9.17, 15) is 4.79 Å². The number of fused-ring (bicyclic) bond motifs is 1. The molecule has 0 spiro atoms. The number of amides is 1. The molecule has 0 radical (unpaired) electrons. The second-order valence-electron chi connectivity index (χ2n) is 6.07. The molecule has 1 aromatic rings. The maximum absolute atomic E-state index is 12.2. The lowest BCUT2D eigenvalue weighted by Crippen LogP contribution is -2.36. The highest BCUT2D eigenvalue weighted by atomic mass is 16.6. The number of carbonyl (C=O) groups is 1. The molecule has 1 aromatic carbocycles. The molecule has 20 heavy (non-hydrogen) atoms. The molecule has 0 unspecified atom stereocenters. The third kappa shape index (κ3) is 3.51. The molecule has 1 heterocycles. The van der Waals surface area contributed by atoms with Crippen LogP contribution in [0.25, 0.3) is 4.85 Å². The van der Waals surface area contributed by atoms with Crippen LogP contribution in [0.5, 0.6) is 0 Å². The number of hydrogen-bond donors (Lipinski definition) is 0. The van der Waals surface area contributed by atoms with Gasteiger partial charge in [0.15, 0.2) is 5.69 Å². The fraction of sp³-hybridized carbons (Fsp3) is 0.500. The fourth-order valence-corrected chi connectivity index (χ4v) is 2.30. The van der Waals surface area contributed by atoms with Crippen molar-refractivity contribution in [2.24, 2.45) is 0 Å². The van der Waals surface area contributed by atoms with E-state index < -0.39 is 5.60 Å². The molecular formula is C16H20N2O2. The molecule has 0 aromatic heterocycles. The van der Waals surface area contributed by atoms with Gasteiger partial charge in [0, 0.05) is 13.1 Å². The molecular weight excluding hydrogens is 252 g/mol. The van der Waals surface area contributed by atoms with Gasteiger partial charge in [-0.05, 0) is 39.2 Å². The fourth-order valence-electron chi connectivity index (χ4n) is 2.30. The lowest BCUT2D eigenvalue weighted by atomic mass is 10.0. The van der Waals surface area contributed by atoms with Gasteiger partial charge >= 0.3 is 6.09 Å². The zero-order valence-electron chi connectivity index (χ0n) is 12.3. The zero-order chi connectivity index (χ0) is 14.8. The summed E-state index contributed by atoms with van der Waals surface area (Å²) >= 11 is 0. The summed E-state index contributed by atoms with van der Waals surface area (Å²) in [6.45, 7) is 13.9. The molecule has 0 saturated carbocycles. The average Bonchev–Trinajstić information content (AvgIpc) is 2.57. The number of carbonyl (C=O) groups excluding carboxylic acids is 1. The molecule has 1 aliphatic heterocycles. The van der Waals surface area contributed by atoms with Gasteiger partial charge in [-0.1, -0.05) is 23.8 Å². The second kappa shape index (κ2) is 5.54. The zero-order valence-corrected chi connectivity index (χ0v) is 12.3. The minimum atomic E-state index is -0.472. The minimum absolute atomic E-state index is 0.264. The summed E-state index contributed by atoms with van der Waals surface area (Å²) in [5.74, 6) is 0. The third-order valence-corrected chi connectivity index (χ3v) is 3.21. The van der Waals surface area contributed by atoms with Gasteiger partial charge < -0.3 is 9.64 Å². The highest BCUT2D eigenvalue weighted by Crippen LogP contribution is 2.24. The van der Waals surface area contributed by atoms with E-state index in [1.54, 1.807) is 4.90 Å². The number of hydrogen-bond acceptors (Lipinski definition) is 2. The molecule has 2 rings (SSSR count). The van der Waals surface area contributed by atoms with Crippen LogP contribution in [-0.4, -0.2) is 23.1 Å². The van der Waals surface area contributed by atoms with E-state index in [1.807, 2.05) is 39.0 Å². The van der Waals surface area contributed by atoms with E-state index in [4.69, 9.17) is 11.3 Å². The van der Waals surface area contributed by atoms with Gasteiger partial charge in [-0.15, -0.1) is 0 Å². The number of nitrogens with zero attached hydrogens (tertiary/aromatic N) is 2. The van der Waals surface area contributed by atoms with Crippen molar-refractivity contribution in [3.8, 4) is 0 Å². The third-order valence-electron chi connectivity index (χ3n) is 3.21. The Labute approximate surface area is 120 Å². The van der Waals surface area contributed by atoms with Gasteiger partial charge in [-0.25, -0.2) is 9.64 Å². The van der Waals surface area contributed by atoms with E-state index >= 15 is 0 Å². The molecule has 1 amide bonds. The van der Waals surface area contributed by atoms with Crippen molar-refractivity contribution in [3.05, 3.63) is 40.7 Å². The molecule has 1 aliphatic rings. The van der Waals surface area contributed by atoms with Crippen LogP contribution in [-0.2, 0) is 17.7 Å². The molecule has 0 N–H and O–H groups in total. The topological polar surface area (TPSA) is 33.9 Å². The first-order valence-corrected chi connectivity index (χ1v) is 6.86. The predicted octanol–water partition coefficient (Wildman–Crippen LogP) is 3.92. The molecule has 4 nitrogen and oxygen atoms in total. The predicted molar refractivity (Wildman–Crippen MR) is 77.7 cm³/mol. The number of aryl methyl sites for hydroxylation is 1. The normalized spacial score (nSPS) is 15.0. The van der Waals surface area contributed by atoms with E-state index in [0.717, 1.165) is 18.4 Å². The van der Waals surface area contributed by atoms with Crippen molar-refractivity contribution in [3.63, 3.8) is 0 Å². The molecule has 4 heteroatoms. The van der Waals surface area contributed by atoms with Crippen molar-refractivity contribution in [1.82, 2.24) is 4.90 Å². The number of benzene rings is 1. The summed E-state index contributed by atoms with van der Waals surface area (Å²) in [5, 5.41) is 0. The highest BCUT2D eigenvalue weighted by molar-refractivity contribution is 5.68. The van der Waals surface area contributed by atoms with Crippen molar-refractivity contribution >= 4 is 11.8 Å². The van der Waals surface area contributed by atoms with Gasteiger partial charge in [0.2, 0.25) is 0 Å². The summed E-state index contributed by atoms with van der Waals surface area (Å²) < 4.78 is 5.43. The Morgan fingerprint density at radius 1 is 1.35 bits per heavy atom. The largest absolute Gasteiger partial charge is 0.444 e. The Balaban J connectivity index is 2.16. The summed E-state index contributed by atoms with van der Waals surface area (Å²) in [6, 6.07) is 5.69. The SMILES string of the molecule is [C-]#[N+]c1ccc2c(c1)CCCN(C(=O)OC(C)(C)C)C2. The Morgan fingerprint density at radius 3 is 2.75 bits per heavy atom. The Morgan fingerprint density at radius 2 is 2.10 bits per heavy atom. The van der Waals surface area contributed by atoms with Crippen molar-refractivity contribution in [1.29, 1.82) is 0 Å². The Bertz CT molecular complexity index is 553. The smallest absolute Gasteiger partial charge is 0.410 e. The molecule has 106 valence electrons. The Hall–Kier alpha value is -2.02. The van der Waals surface area contributed by atoms with Crippen LogP contribution in [0, 0.1) is 6.57 Å². The van der Waals surface area contributed by atoms with Crippen LogP contribution in [0.2, 0.25) is 0 Å². The lowest BCUT2D eigenvalue weighted by Gasteiger charge is -2.26. The van der Waals surface area contributed by atoms with Crippen LogP contribution in [0.3, 0.4) is 0 Å². The molecule has 0 bridgehead atoms. The van der Waals surface area contributed by atoms with Crippen LogP contribution < -0.4 is 0 Å². The summed E-state index contributed by atoms with van der Waals surface area (Å²) in [6.07, 6.45) is 1.53. The quantitative estimate of drug-likeness (QED) is 0.671. The molecule has 0 fully saturated rings. The minimum Gasteiger partial charge on any atom is -0.444 e. The van der Waals surface area contributed by atoms with Crippen LogP contribution in [0.15, 0.2) is 18.2 Å². The molecule has 0 saturated heterocycles. The van der Waals surface area contributed by atoms with Gasteiger partial charge in [0.05, 0.1) is 6.57 Å². The number of ether oxygens (including phenoxy) is 1. The standard InChI is InChI=1S/C16H20N2O2/c1-16(2,3)20-15(19)18-9-5-6-12-10-14(17-4)8-7-13(12)11-18/h7-8,10H,5-6,9,11H2,1-3H3. The van der Waals surface area contributed by atoms with Crippen LogP contribution in [0.1, 0.15) is 38.3 Å². The molecule has 0 atom stereocenters. The summed E-state index contributed by atoms with van der Waals surface area (Å²) in [4.78, 5) is 17.4. The van der Waals surface area contributed by atoms with E-state index in [-0.39, 0.29) is 6.09 Å². The van der Waals surface area contributed by atoms with Crippen molar-refractivity contribution in [2.75, 3.05) is 6.54 Å². The summed E-state index contributed by atoms with van der Waals surface area (Å²) in [5.41, 5.74) is 2.47. The first kappa shape index (κ1) is 14.4.